The molecule has 4 aliphatic heterocycles. The number of aliphatic hydroxyl groups is 1. The van der Waals surface area contributed by atoms with Gasteiger partial charge in [0.2, 0.25) is 5.76 Å². The van der Waals surface area contributed by atoms with E-state index in [1.165, 1.54) is 64.2 Å². The molecular formula is C36H51NO5. The average Bonchev–Trinajstić information content (AvgIpc) is 3.70. The minimum Gasteiger partial charge on any atom is -0.492 e. The second-order valence-electron chi connectivity index (χ2n) is 14.7. The highest BCUT2D eigenvalue weighted by atomic mass is 16.6. The van der Waals surface area contributed by atoms with Gasteiger partial charge in [0.05, 0.1) is 18.8 Å². The molecule has 1 spiro atoms. The minimum atomic E-state index is -0.353. The van der Waals surface area contributed by atoms with Crippen molar-refractivity contribution in [2.45, 2.75) is 122 Å². The molecule has 0 radical (unpaired) electrons. The predicted molar refractivity (Wildman–Crippen MR) is 162 cm³/mol. The summed E-state index contributed by atoms with van der Waals surface area (Å²) in [5, 5.41) is 12.2. The van der Waals surface area contributed by atoms with Crippen LogP contribution in [0.25, 0.3) is 0 Å². The van der Waals surface area contributed by atoms with Crippen molar-refractivity contribution in [1.82, 2.24) is 4.90 Å². The molecule has 4 heterocycles. The Morgan fingerprint density at radius 3 is 2.57 bits per heavy atom. The number of hydrogen-bond acceptors (Lipinski definition) is 6. The van der Waals surface area contributed by atoms with Gasteiger partial charge >= 0.3 is 5.97 Å². The lowest BCUT2D eigenvalue weighted by molar-refractivity contribution is -0.133. The Morgan fingerprint density at radius 2 is 1.81 bits per heavy atom. The molecule has 42 heavy (non-hydrogen) atoms. The van der Waals surface area contributed by atoms with Crippen molar-refractivity contribution in [2.75, 3.05) is 13.7 Å². The molecule has 4 fully saturated rings. The zero-order valence-electron chi connectivity index (χ0n) is 26.0. The highest BCUT2D eigenvalue weighted by Crippen LogP contribution is 2.54. The van der Waals surface area contributed by atoms with Gasteiger partial charge < -0.3 is 19.3 Å². The van der Waals surface area contributed by atoms with E-state index in [-0.39, 0.29) is 41.3 Å². The van der Waals surface area contributed by atoms with Crippen LogP contribution in [0.1, 0.15) is 104 Å². The Labute approximate surface area is 252 Å². The van der Waals surface area contributed by atoms with E-state index in [4.69, 9.17) is 14.2 Å². The van der Waals surface area contributed by atoms with Crippen LogP contribution in [-0.2, 0) is 19.0 Å². The van der Waals surface area contributed by atoms with Gasteiger partial charge in [0.25, 0.3) is 0 Å². The fourth-order valence-corrected chi connectivity index (χ4v) is 10.2. The number of nitrogens with zero attached hydrogens (tertiary/aromatic N) is 1. The first-order valence-electron chi connectivity index (χ1n) is 17.1. The van der Waals surface area contributed by atoms with Crippen molar-refractivity contribution in [3.63, 3.8) is 0 Å². The fraction of sp³-hybridized carbons (Fsp3) is 0.750. The Bertz CT molecular complexity index is 1190. The van der Waals surface area contributed by atoms with Crippen molar-refractivity contribution in [3.05, 3.63) is 46.8 Å². The zero-order valence-corrected chi connectivity index (χ0v) is 26.0. The van der Waals surface area contributed by atoms with Gasteiger partial charge in [-0.25, -0.2) is 4.79 Å². The maximum atomic E-state index is 12.5. The summed E-state index contributed by atoms with van der Waals surface area (Å²) in [6.07, 6.45) is 24.2. The second kappa shape index (κ2) is 11.5. The van der Waals surface area contributed by atoms with E-state index >= 15 is 0 Å². The van der Waals surface area contributed by atoms with Gasteiger partial charge in [0.1, 0.15) is 5.76 Å². The summed E-state index contributed by atoms with van der Waals surface area (Å²) in [4.78, 5) is 15.3. The largest absolute Gasteiger partial charge is 0.492 e. The van der Waals surface area contributed by atoms with Gasteiger partial charge in [-0.15, -0.1) is 0 Å². The quantitative estimate of drug-likeness (QED) is 0.282. The molecule has 230 valence electrons. The highest BCUT2D eigenvalue weighted by Gasteiger charge is 2.54. The standard InChI is InChI=1S/C36H51NO5/c1-22-30-27-15-10-16-28(31(38)26-14-9-13-25(19-26)24-11-5-6-12-24)37(27)21-36(17-7-4-8-18-36)20-29(30)41-33(22)34-32(40-3)23(2)35(39)42-34/h9,14,20,22,24-28,30-31,38H,4-8,10-13,15-19,21H2,1-3H3. The van der Waals surface area contributed by atoms with E-state index in [0.29, 0.717) is 23.1 Å². The third-order valence-corrected chi connectivity index (χ3v) is 12.3. The molecule has 7 rings (SSSR count). The molecule has 6 heteroatoms. The van der Waals surface area contributed by atoms with Gasteiger partial charge in [-0.2, -0.15) is 0 Å². The Balaban J connectivity index is 1.22. The number of aliphatic hydroxyl groups excluding tert-OH is 1. The van der Waals surface area contributed by atoms with E-state index in [9.17, 15) is 9.90 Å². The Kier molecular flexibility index (Phi) is 7.84. The average molecular weight is 578 g/mol. The number of ether oxygens (including phenoxy) is 3. The van der Waals surface area contributed by atoms with Gasteiger partial charge in [0, 0.05) is 41.8 Å². The summed E-state index contributed by atoms with van der Waals surface area (Å²) in [7, 11) is 1.60. The molecule has 7 aliphatic rings. The summed E-state index contributed by atoms with van der Waals surface area (Å²) in [6, 6.07) is 0.461. The molecule has 0 aromatic carbocycles. The number of cyclic esters (lactones) is 1. The van der Waals surface area contributed by atoms with Crippen LogP contribution in [0.2, 0.25) is 0 Å². The molecule has 7 unspecified atom stereocenters. The van der Waals surface area contributed by atoms with Crippen LogP contribution < -0.4 is 0 Å². The Hall–Kier alpha value is -2.05. The molecule has 7 atom stereocenters. The van der Waals surface area contributed by atoms with Crippen molar-refractivity contribution in [2.24, 2.45) is 35.0 Å². The maximum absolute atomic E-state index is 12.5. The van der Waals surface area contributed by atoms with Gasteiger partial charge in [-0.05, 0) is 63.4 Å². The van der Waals surface area contributed by atoms with E-state index in [1.807, 2.05) is 0 Å². The maximum Gasteiger partial charge on any atom is 0.343 e. The van der Waals surface area contributed by atoms with Crippen LogP contribution in [0.4, 0.5) is 0 Å². The van der Waals surface area contributed by atoms with Crippen LogP contribution in [0, 0.1) is 35.0 Å². The van der Waals surface area contributed by atoms with Gasteiger partial charge in [-0.3, -0.25) is 4.90 Å². The molecule has 0 aromatic heterocycles. The first-order chi connectivity index (χ1) is 20.4. The number of esters is 1. The number of methoxy groups -OCH3 is 1. The molecule has 3 aliphatic carbocycles. The molecule has 2 saturated heterocycles. The van der Waals surface area contributed by atoms with Crippen molar-refractivity contribution < 1.29 is 24.1 Å². The van der Waals surface area contributed by atoms with Crippen LogP contribution in [0.3, 0.4) is 0 Å². The van der Waals surface area contributed by atoms with Crippen LogP contribution in [0.5, 0.6) is 0 Å². The molecular weight excluding hydrogens is 526 g/mol. The Morgan fingerprint density at radius 1 is 1.02 bits per heavy atom. The molecule has 0 amide bonds. The van der Waals surface area contributed by atoms with Crippen molar-refractivity contribution >= 4 is 5.97 Å². The number of fused-ring (bicyclic) bond motifs is 3. The lowest BCUT2D eigenvalue weighted by Gasteiger charge is -2.50. The summed E-state index contributed by atoms with van der Waals surface area (Å²) >= 11 is 0. The van der Waals surface area contributed by atoms with E-state index in [1.54, 1.807) is 14.0 Å². The fourth-order valence-electron chi connectivity index (χ4n) is 10.2. The smallest absolute Gasteiger partial charge is 0.343 e. The molecule has 1 N–H and O–H groups in total. The summed E-state index contributed by atoms with van der Waals surface area (Å²) in [6.45, 7) is 5.01. The lowest BCUT2D eigenvalue weighted by atomic mass is 9.72. The van der Waals surface area contributed by atoms with Gasteiger partial charge in [-0.1, -0.05) is 70.4 Å². The summed E-state index contributed by atoms with van der Waals surface area (Å²) < 4.78 is 18.2. The van der Waals surface area contributed by atoms with Crippen molar-refractivity contribution in [1.29, 1.82) is 0 Å². The monoisotopic (exact) mass is 577 g/mol. The van der Waals surface area contributed by atoms with Gasteiger partial charge in [0.15, 0.2) is 11.5 Å². The highest BCUT2D eigenvalue weighted by molar-refractivity contribution is 5.93. The molecule has 0 bridgehead atoms. The number of carbonyl (C=O) groups is 1. The van der Waals surface area contributed by atoms with E-state index in [2.05, 4.69) is 30.1 Å². The molecule has 6 nitrogen and oxygen atoms in total. The number of rotatable bonds is 4. The SMILES string of the molecule is COC1=C(C)C(=O)OC1=C1OC2=CC3(CCCCC3)CN3C(C(O)C4C=CCC(C5CCCC5)C4)CCCC3C2C1C. The minimum absolute atomic E-state index is 0.0542. The molecule has 2 saturated carbocycles. The zero-order chi connectivity index (χ0) is 29.0. The topological polar surface area (TPSA) is 68.2 Å². The number of allylic oxidation sites excluding steroid dienone is 2. The predicted octanol–water partition coefficient (Wildman–Crippen LogP) is 7.16. The normalized spacial score (nSPS) is 39.4. The van der Waals surface area contributed by atoms with E-state index in [0.717, 1.165) is 55.6 Å². The number of carbonyl (C=O) groups excluding carboxylic acids is 1. The first kappa shape index (κ1) is 28.7. The van der Waals surface area contributed by atoms with E-state index < -0.39 is 0 Å². The first-order valence-corrected chi connectivity index (χ1v) is 17.1. The third kappa shape index (κ3) is 4.89. The van der Waals surface area contributed by atoms with Crippen LogP contribution in [-0.4, -0.2) is 47.8 Å². The second-order valence-corrected chi connectivity index (χ2v) is 14.7. The summed E-state index contributed by atoms with van der Waals surface area (Å²) in [5.41, 5.74) is 0.562. The number of piperidine rings is 1. The van der Waals surface area contributed by atoms with Crippen LogP contribution in [0.15, 0.2) is 46.8 Å². The van der Waals surface area contributed by atoms with Crippen LogP contribution >= 0.6 is 0 Å². The lowest BCUT2D eigenvalue weighted by Crippen LogP contribution is -2.58. The summed E-state index contributed by atoms with van der Waals surface area (Å²) in [5.74, 6) is 4.46. The third-order valence-electron chi connectivity index (χ3n) is 12.3. The van der Waals surface area contributed by atoms with Crippen molar-refractivity contribution in [3.8, 4) is 0 Å². The number of hydrogen-bond donors (Lipinski definition) is 1. The molecule has 0 aromatic rings.